The van der Waals surface area contributed by atoms with Crippen LogP contribution in [0.5, 0.6) is 0 Å². The molecule has 0 spiro atoms. The molecule has 4 heteroatoms. The van der Waals surface area contributed by atoms with Crippen molar-refractivity contribution >= 4 is 31.9 Å². The van der Waals surface area contributed by atoms with Crippen LogP contribution in [0.1, 0.15) is 53.4 Å². The van der Waals surface area contributed by atoms with Crippen LogP contribution in [0.3, 0.4) is 0 Å². The molecule has 0 bridgehead atoms. The summed E-state index contributed by atoms with van der Waals surface area (Å²) in [6.45, 7) is 11.9. The Morgan fingerprint density at radius 2 is 2.11 bits per heavy atom. The Kier molecular flexibility index (Phi) is 5.73. The van der Waals surface area contributed by atoms with Gasteiger partial charge in [-0.2, -0.15) is 0 Å². The predicted molar refractivity (Wildman–Crippen MR) is 88.3 cm³/mol. The number of rotatable bonds is 5. The van der Waals surface area contributed by atoms with Gasteiger partial charge in [0.25, 0.3) is 0 Å². The van der Waals surface area contributed by atoms with Crippen LogP contribution in [0.25, 0.3) is 0 Å². The first kappa shape index (κ1) is 17.7. The highest BCUT2D eigenvalue weighted by atomic mass is 79.9. The molecule has 19 heavy (non-hydrogen) atoms. The third-order valence-corrected chi connectivity index (χ3v) is 7.14. The number of hydrogen-bond donors (Lipinski definition) is 1. The summed E-state index contributed by atoms with van der Waals surface area (Å²) >= 11 is 7.46. The standard InChI is InChI=1S/C15H26Br2O2/c1-6-14(4,18)9-7-12(17)15(5)10-8-11(16)13(2,3)19-15/h6,11-12,18H,1,7-10H2,2-5H3/t11-,12+,14+,15-/m0/s1. The summed E-state index contributed by atoms with van der Waals surface area (Å²) in [5, 5.41) is 10.0. The van der Waals surface area contributed by atoms with Gasteiger partial charge < -0.3 is 9.84 Å². The van der Waals surface area contributed by atoms with Crippen LogP contribution in [0, 0.1) is 0 Å². The van der Waals surface area contributed by atoms with Crippen LogP contribution in [-0.2, 0) is 4.74 Å². The van der Waals surface area contributed by atoms with Crippen molar-refractivity contribution in [3.8, 4) is 0 Å². The summed E-state index contributed by atoms with van der Waals surface area (Å²) in [6, 6.07) is 0. The van der Waals surface area contributed by atoms with E-state index in [4.69, 9.17) is 4.74 Å². The zero-order chi connectivity index (χ0) is 14.9. The molecule has 1 heterocycles. The van der Waals surface area contributed by atoms with Crippen LogP contribution in [-0.4, -0.2) is 31.6 Å². The molecule has 1 saturated heterocycles. The molecule has 1 N–H and O–H groups in total. The van der Waals surface area contributed by atoms with Crippen LogP contribution >= 0.6 is 31.9 Å². The molecular weight excluding hydrogens is 372 g/mol. The van der Waals surface area contributed by atoms with Crippen molar-refractivity contribution < 1.29 is 9.84 Å². The fourth-order valence-electron chi connectivity index (χ4n) is 2.52. The van der Waals surface area contributed by atoms with E-state index in [0.29, 0.717) is 11.2 Å². The summed E-state index contributed by atoms with van der Waals surface area (Å²) < 4.78 is 6.33. The number of alkyl halides is 2. The number of halogens is 2. The van der Waals surface area contributed by atoms with Gasteiger partial charge in [-0.15, -0.1) is 6.58 Å². The van der Waals surface area contributed by atoms with E-state index in [1.165, 1.54) is 0 Å². The molecule has 0 unspecified atom stereocenters. The molecule has 1 fully saturated rings. The quantitative estimate of drug-likeness (QED) is 0.543. The maximum absolute atomic E-state index is 10.0. The van der Waals surface area contributed by atoms with E-state index in [1.54, 1.807) is 13.0 Å². The van der Waals surface area contributed by atoms with E-state index in [2.05, 4.69) is 59.2 Å². The molecule has 1 aliphatic rings. The predicted octanol–water partition coefficient (Wildman–Crippen LogP) is 4.58. The van der Waals surface area contributed by atoms with Gasteiger partial charge in [-0.3, -0.25) is 0 Å². The Balaban J connectivity index is 2.65. The van der Waals surface area contributed by atoms with Crippen molar-refractivity contribution in [1.29, 1.82) is 0 Å². The third-order valence-electron chi connectivity index (χ3n) is 4.15. The SMILES string of the molecule is C=C[C@@](C)(O)CC[C@@H](Br)[C@]1(C)CC[C@H](Br)C(C)(C)O1. The fraction of sp³-hybridized carbons (Fsp3) is 0.867. The lowest BCUT2D eigenvalue weighted by Gasteiger charge is -2.48. The second-order valence-electron chi connectivity index (χ2n) is 6.59. The molecule has 0 aliphatic carbocycles. The molecule has 0 amide bonds. The molecule has 2 nitrogen and oxygen atoms in total. The van der Waals surface area contributed by atoms with E-state index in [1.807, 2.05) is 0 Å². The second-order valence-corrected chi connectivity index (χ2v) is 8.80. The highest BCUT2D eigenvalue weighted by Crippen LogP contribution is 2.43. The Labute approximate surface area is 134 Å². The monoisotopic (exact) mass is 396 g/mol. The van der Waals surface area contributed by atoms with Gasteiger partial charge in [-0.1, -0.05) is 37.9 Å². The van der Waals surface area contributed by atoms with Gasteiger partial charge in [0.2, 0.25) is 0 Å². The summed E-state index contributed by atoms with van der Waals surface area (Å²) in [7, 11) is 0. The van der Waals surface area contributed by atoms with Gasteiger partial charge in [0, 0.05) is 9.65 Å². The van der Waals surface area contributed by atoms with Crippen molar-refractivity contribution in [2.75, 3.05) is 0 Å². The smallest absolute Gasteiger partial charge is 0.0797 e. The molecule has 0 aromatic rings. The number of aliphatic hydroxyl groups is 1. The molecule has 1 aliphatic heterocycles. The first-order valence-corrected chi connectivity index (χ1v) is 8.70. The molecule has 4 atom stereocenters. The normalized spacial score (nSPS) is 35.4. The summed E-state index contributed by atoms with van der Waals surface area (Å²) in [4.78, 5) is 0.620. The lowest BCUT2D eigenvalue weighted by atomic mass is 9.83. The lowest BCUT2D eigenvalue weighted by molar-refractivity contribution is -0.160. The maximum Gasteiger partial charge on any atom is 0.0797 e. The highest BCUT2D eigenvalue weighted by molar-refractivity contribution is 9.09. The third kappa shape index (κ3) is 4.55. The minimum atomic E-state index is -0.801. The molecule has 0 radical (unpaired) electrons. The first-order valence-electron chi connectivity index (χ1n) is 6.87. The summed E-state index contributed by atoms with van der Waals surface area (Å²) in [5.74, 6) is 0. The van der Waals surface area contributed by atoms with Crippen LogP contribution in [0.2, 0.25) is 0 Å². The number of hydrogen-bond acceptors (Lipinski definition) is 2. The van der Waals surface area contributed by atoms with Crippen LogP contribution in [0.4, 0.5) is 0 Å². The van der Waals surface area contributed by atoms with Gasteiger partial charge in [0.1, 0.15) is 0 Å². The van der Waals surface area contributed by atoms with Gasteiger partial charge in [0.05, 0.1) is 16.8 Å². The van der Waals surface area contributed by atoms with E-state index >= 15 is 0 Å². The van der Waals surface area contributed by atoms with Crippen molar-refractivity contribution in [2.24, 2.45) is 0 Å². The Hall–Kier alpha value is 0.620. The molecule has 0 saturated carbocycles. The van der Waals surface area contributed by atoms with E-state index in [-0.39, 0.29) is 16.0 Å². The average Bonchev–Trinajstić information content (AvgIpc) is 2.31. The highest BCUT2D eigenvalue weighted by Gasteiger charge is 2.46. The number of ether oxygens (including phenoxy) is 1. The van der Waals surface area contributed by atoms with E-state index < -0.39 is 5.60 Å². The van der Waals surface area contributed by atoms with E-state index in [9.17, 15) is 5.11 Å². The Bertz CT molecular complexity index is 328. The average molecular weight is 398 g/mol. The Morgan fingerprint density at radius 1 is 1.53 bits per heavy atom. The zero-order valence-electron chi connectivity index (χ0n) is 12.4. The van der Waals surface area contributed by atoms with Crippen LogP contribution < -0.4 is 0 Å². The first-order chi connectivity index (χ1) is 8.52. The topological polar surface area (TPSA) is 29.5 Å². The van der Waals surface area contributed by atoms with Gasteiger partial charge in [-0.05, 0) is 53.4 Å². The molecule has 0 aromatic heterocycles. The zero-order valence-corrected chi connectivity index (χ0v) is 15.6. The summed E-state index contributed by atoms with van der Waals surface area (Å²) in [5.41, 5.74) is -1.16. The molecule has 1 rings (SSSR count). The lowest BCUT2D eigenvalue weighted by Crippen LogP contribution is -2.53. The van der Waals surface area contributed by atoms with Gasteiger partial charge in [-0.25, -0.2) is 0 Å². The molecule has 0 aromatic carbocycles. The van der Waals surface area contributed by atoms with Crippen LogP contribution in [0.15, 0.2) is 12.7 Å². The van der Waals surface area contributed by atoms with Crippen molar-refractivity contribution in [1.82, 2.24) is 0 Å². The summed E-state index contributed by atoms with van der Waals surface area (Å²) in [6.07, 6.45) is 5.26. The molecule has 112 valence electrons. The second kappa shape index (κ2) is 6.17. The molecular formula is C15H26Br2O2. The van der Waals surface area contributed by atoms with E-state index in [0.717, 1.165) is 19.3 Å². The Morgan fingerprint density at radius 3 is 2.58 bits per heavy atom. The minimum Gasteiger partial charge on any atom is -0.386 e. The minimum absolute atomic E-state index is 0.167. The van der Waals surface area contributed by atoms with Gasteiger partial charge >= 0.3 is 0 Å². The van der Waals surface area contributed by atoms with Crippen molar-refractivity contribution in [3.63, 3.8) is 0 Å². The maximum atomic E-state index is 10.0. The van der Waals surface area contributed by atoms with Crippen molar-refractivity contribution in [3.05, 3.63) is 12.7 Å². The fourth-order valence-corrected chi connectivity index (χ4v) is 3.40. The van der Waals surface area contributed by atoms with Gasteiger partial charge in [0.15, 0.2) is 0 Å². The largest absolute Gasteiger partial charge is 0.386 e. The van der Waals surface area contributed by atoms with Crippen molar-refractivity contribution in [2.45, 2.75) is 79.8 Å².